The topological polar surface area (TPSA) is 106 Å². The highest BCUT2D eigenvalue weighted by Crippen LogP contribution is 2.45. The van der Waals surface area contributed by atoms with Crippen molar-refractivity contribution in [1.29, 1.82) is 0 Å². The molecule has 8 rings (SSSR count). The van der Waals surface area contributed by atoms with Crippen molar-refractivity contribution >= 4 is 62.4 Å². The highest BCUT2D eigenvalue weighted by Gasteiger charge is 2.37. The zero-order valence-corrected chi connectivity index (χ0v) is 31.8. The molecule has 2 aliphatic heterocycles. The van der Waals surface area contributed by atoms with Crippen LogP contribution < -0.4 is 26.1 Å². The summed E-state index contributed by atoms with van der Waals surface area (Å²) in [5, 5.41) is 12.4. The van der Waals surface area contributed by atoms with Crippen LogP contribution in [0.2, 0.25) is 10.0 Å². The number of ether oxygens (including phenoxy) is 1. The van der Waals surface area contributed by atoms with Gasteiger partial charge in [0, 0.05) is 71.1 Å². The lowest BCUT2D eigenvalue weighted by atomic mass is 9.98. The van der Waals surface area contributed by atoms with Gasteiger partial charge in [-0.2, -0.15) is 5.10 Å². The molecule has 3 aromatic heterocycles. The fourth-order valence-corrected chi connectivity index (χ4v) is 8.35. The van der Waals surface area contributed by atoms with Crippen LogP contribution in [0, 0.1) is 27.7 Å². The predicted octanol–water partition coefficient (Wildman–Crippen LogP) is 7.58. The third kappa shape index (κ3) is 5.41. The molecule has 0 saturated carbocycles. The van der Waals surface area contributed by atoms with Gasteiger partial charge in [-0.05, 0) is 94.5 Å². The van der Waals surface area contributed by atoms with Gasteiger partial charge in [0.25, 0.3) is 5.91 Å². The molecule has 13 heteroatoms. The van der Waals surface area contributed by atoms with Crippen LogP contribution in [0.15, 0.2) is 53.8 Å². The molecule has 3 N–H and O–H groups in total. The van der Waals surface area contributed by atoms with Crippen molar-refractivity contribution < 1.29 is 9.53 Å². The largest absolute Gasteiger partial charge is 0.494 e. The summed E-state index contributed by atoms with van der Waals surface area (Å²) < 4.78 is 12.4. The molecule has 268 valence electrons. The number of nitrogens with one attached hydrogen (secondary N) is 3. The summed E-state index contributed by atoms with van der Waals surface area (Å²) in [7, 11) is 3.96. The second-order valence-electron chi connectivity index (χ2n) is 14.0. The van der Waals surface area contributed by atoms with E-state index >= 15 is 4.79 Å². The van der Waals surface area contributed by atoms with E-state index < -0.39 is 0 Å². The smallest absolute Gasteiger partial charge is 0.275 e. The lowest BCUT2D eigenvalue weighted by Gasteiger charge is -2.34. The molecule has 11 nitrogen and oxygen atoms in total. The van der Waals surface area contributed by atoms with Crippen LogP contribution in [0.1, 0.15) is 63.5 Å². The van der Waals surface area contributed by atoms with Crippen LogP contribution in [0.4, 0.5) is 5.69 Å². The lowest BCUT2D eigenvalue weighted by molar-refractivity contribution is 0.0957. The molecule has 0 fully saturated rings. The Morgan fingerprint density at radius 1 is 0.981 bits per heavy atom. The summed E-state index contributed by atoms with van der Waals surface area (Å²) in [6.45, 7) is 11.2. The van der Waals surface area contributed by atoms with Crippen molar-refractivity contribution in [3.05, 3.63) is 98.0 Å². The molecule has 1 atom stereocenters. The van der Waals surface area contributed by atoms with Crippen LogP contribution >= 0.6 is 23.2 Å². The van der Waals surface area contributed by atoms with Crippen LogP contribution in [0.5, 0.6) is 5.75 Å². The van der Waals surface area contributed by atoms with E-state index in [4.69, 9.17) is 33.0 Å². The number of anilines is 1. The first-order valence-electron chi connectivity index (χ1n) is 17.4. The van der Waals surface area contributed by atoms with E-state index in [-0.39, 0.29) is 11.9 Å². The van der Waals surface area contributed by atoms with Gasteiger partial charge in [0.2, 0.25) is 0 Å². The van der Waals surface area contributed by atoms with Crippen LogP contribution in [-0.2, 0) is 20.5 Å². The standard InChI is InChI=1S/C39H41Cl2N9O2/c1-20-15-26(16-21(2)35(20)41)52-14-8-9-27-28-12-13-30(40)34(33-23(4)44-48(7)24(33)5)36(28)50-22(3)18-49(39(51)37(27)50)32-19-47(6)31-17-25(10-11-29(31)32)38-42-45-46-43-38/h10-13,15-17,19,22,45-46H,8-9,14,18H2,1-7H3,(H,42,43)/t22-/m1/s1. The minimum absolute atomic E-state index is 0.0392. The zero-order chi connectivity index (χ0) is 36.6. The Morgan fingerprint density at radius 3 is 2.42 bits per heavy atom. The van der Waals surface area contributed by atoms with Crippen molar-refractivity contribution in [1.82, 2.24) is 35.4 Å². The fraction of sp³-hybridized carbons (Fsp3) is 0.308. The number of amidine groups is 1. The zero-order valence-electron chi connectivity index (χ0n) is 30.3. The summed E-state index contributed by atoms with van der Waals surface area (Å²) in [5.41, 5.74) is 19.8. The maximum Gasteiger partial charge on any atom is 0.275 e. The van der Waals surface area contributed by atoms with Crippen molar-refractivity contribution in [3.63, 3.8) is 0 Å². The number of fused-ring (bicyclic) bond motifs is 4. The van der Waals surface area contributed by atoms with Crippen molar-refractivity contribution in [2.24, 2.45) is 19.2 Å². The Balaban J connectivity index is 1.24. The van der Waals surface area contributed by atoms with Gasteiger partial charge in [0.1, 0.15) is 11.4 Å². The van der Waals surface area contributed by atoms with Crippen molar-refractivity contribution in [3.8, 4) is 16.9 Å². The average Bonchev–Trinajstić information content (AvgIpc) is 3.89. The Hall–Kier alpha value is -4.97. The van der Waals surface area contributed by atoms with Crippen LogP contribution in [0.3, 0.4) is 0 Å². The van der Waals surface area contributed by atoms with Gasteiger partial charge in [-0.25, -0.2) is 5.53 Å². The number of aromatic nitrogens is 4. The molecule has 0 bridgehead atoms. The Kier molecular flexibility index (Phi) is 8.47. The predicted molar refractivity (Wildman–Crippen MR) is 209 cm³/mol. The highest BCUT2D eigenvalue weighted by molar-refractivity contribution is 6.35. The second-order valence-corrected chi connectivity index (χ2v) is 14.7. The summed E-state index contributed by atoms with van der Waals surface area (Å²) in [5.74, 6) is 1.45. The summed E-state index contributed by atoms with van der Waals surface area (Å²) in [4.78, 5) is 17.0. The fourth-order valence-electron chi connectivity index (χ4n) is 8.00. The number of rotatable bonds is 8. The van der Waals surface area contributed by atoms with Gasteiger partial charge in [0.15, 0.2) is 5.84 Å². The van der Waals surface area contributed by atoms with E-state index in [0.29, 0.717) is 42.5 Å². The molecule has 0 aliphatic carbocycles. The number of nitrogens with zero attached hydrogens (tertiary/aromatic N) is 6. The molecule has 1 amide bonds. The number of carbonyl (C=O) groups is 1. The number of hydrazone groups is 1. The Morgan fingerprint density at radius 2 is 1.73 bits per heavy atom. The molecule has 0 saturated heterocycles. The minimum atomic E-state index is -0.0570. The van der Waals surface area contributed by atoms with Gasteiger partial charge in [-0.3, -0.25) is 14.9 Å². The number of benzene rings is 3. The van der Waals surface area contributed by atoms with Gasteiger partial charge in [-0.1, -0.05) is 35.3 Å². The monoisotopic (exact) mass is 737 g/mol. The van der Waals surface area contributed by atoms with E-state index in [0.717, 1.165) is 83.0 Å². The molecule has 3 aromatic carbocycles. The maximum atomic E-state index is 15.1. The first kappa shape index (κ1) is 34.1. The molecule has 5 heterocycles. The molecule has 0 radical (unpaired) electrons. The molecular formula is C39H41Cl2N9O2. The summed E-state index contributed by atoms with van der Waals surface area (Å²) in [6.07, 6.45) is 3.39. The molecule has 0 unspecified atom stereocenters. The summed E-state index contributed by atoms with van der Waals surface area (Å²) >= 11 is 13.5. The van der Waals surface area contributed by atoms with E-state index in [1.54, 1.807) is 0 Å². The SMILES string of the molecule is Cc1cc(OCCCc2c3n(c4c(-c5c(C)nn(C)c5C)c(Cl)ccc24)[C@H](C)CN(c2cn(C)c4cc(C5=NNNN5)ccc24)C3=O)cc(C)c1Cl. The molecule has 2 aliphatic rings. The number of hydrogen-bond acceptors (Lipinski definition) is 7. The van der Waals surface area contributed by atoms with E-state index in [1.807, 2.05) is 74.9 Å². The van der Waals surface area contributed by atoms with E-state index in [2.05, 4.69) is 62.8 Å². The number of halogens is 2. The first-order chi connectivity index (χ1) is 24.9. The average molecular weight is 739 g/mol. The van der Waals surface area contributed by atoms with Gasteiger partial charge in [-0.15, -0.1) is 10.6 Å². The van der Waals surface area contributed by atoms with Crippen molar-refractivity contribution in [2.45, 2.75) is 53.5 Å². The van der Waals surface area contributed by atoms with Crippen LogP contribution in [-0.4, -0.2) is 43.8 Å². The Bertz CT molecular complexity index is 2450. The van der Waals surface area contributed by atoms with Crippen LogP contribution in [0.25, 0.3) is 32.9 Å². The normalized spacial score (nSPS) is 15.7. The number of carbonyl (C=O) groups excluding carboxylic acids is 1. The molecule has 6 aromatic rings. The maximum absolute atomic E-state index is 15.1. The van der Waals surface area contributed by atoms with Gasteiger partial charge in [0.05, 0.1) is 34.0 Å². The van der Waals surface area contributed by atoms with Gasteiger partial charge < -0.3 is 18.8 Å². The van der Waals surface area contributed by atoms with Gasteiger partial charge >= 0.3 is 0 Å². The highest BCUT2D eigenvalue weighted by atomic mass is 35.5. The van der Waals surface area contributed by atoms with Crippen molar-refractivity contribution in [2.75, 3.05) is 18.1 Å². The number of amides is 1. The third-order valence-corrected chi connectivity index (χ3v) is 11.4. The molecular weight excluding hydrogens is 697 g/mol. The van der Waals surface area contributed by atoms with E-state index in [1.165, 1.54) is 0 Å². The molecule has 0 spiro atoms. The second kappa shape index (κ2) is 12.9. The first-order valence-corrected chi connectivity index (χ1v) is 18.2. The summed E-state index contributed by atoms with van der Waals surface area (Å²) in [6, 6.07) is 14.1. The van der Waals surface area contributed by atoms with E-state index in [9.17, 15) is 0 Å². The number of hydrazine groups is 2. The lowest BCUT2D eigenvalue weighted by Crippen LogP contribution is -2.42. The number of aryl methyl sites for hydroxylation is 6. The Labute approximate surface area is 312 Å². The minimum Gasteiger partial charge on any atom is -0.494 e. The third-order valence-electron chi connectivity index (χ3n) is 10.5. The number of hydrogen-bond donors (Lipinski definition) is 3. The quantitative estimate of drug-likeness (QED) is 0.139. The molecule has 52 heavy (non-hydrogen) atoms.